The van der Waals surface area contributed by atoms with E-state index in [4.69, 9.17) is 0 Å². The molecule has 59 valence electrons. The van der Waals surface area contributed by atoms with Crippen LogP contribution in [0.25, 0.3) is 0 Å². The van der Waals surface area contributed by atoms with Crippen LogP contribution >= 0.6 is 0 Å². The van der Waals surface area contributed by atoms with Crippen LogP contribution in [0.5, 0.6) is 0 Å². The highest BCUT2D eigenvalue weighted by molar-refractivity contribution is 5.54. The summed E-state index contributed by atoms with van der Waals surface area (Å²) in [5.41, 5.74) is 0. The first-order valence-corrected chi connectivity index (χ1v) is 4.08. The first-order chi connectivity index (χ1) is 4.70. The monoisotopic (exact) mass is 141 g/mol. The van der Waals surface area contributed by atoms with Gasteiger partial charge in [-0.3, -0.25) is 4.79 Å². The van der Waals surface area contributed by atoms with E-state index in [2.05, 4.69) is 20.1 Å². The van der Waals surface area contributed by atoms with E-state index in [1.54, 1.807) is 0 Å². The van der Waals surface area contributed by atoms with Crippen LogP contribution in [0.15, 0.2) is 0 Å². The maximum atomic E-state index is 10.2. The molecular weight excluding hydrogens is 124 g/mol. The summed E-state index contributed by atoms with van der Waals surface area (Å²) in [5, 5.41) is 0. The van der Waals surface area contributed by atoms with Gasteiger partial charge in [-0.2, -0.15) is 0 Å². The summed E-state index contributed by atoms with van der Waals surface area (Å²) in [7, 11) is 0. The smallest absolute Gasteiger partial charge is 0.201 e. The largest absolute Gasteiger partial charge is 0.291 e. The molecule has 0 bridgehead atoms. The molecule has 0 aliphatic rings. The SMILES string of the molecule is CCC([C]=O)CCC(C)C. The molecule has 1 atom stereocenters. The van der Waals surface area contributed by atoms with Crippen molar-refractivity contribution >= 4 is 6.29 Å². The Morgan fingerprint density at radius 3 is 2.20 bits per heavy atom. The van der Waals surface area contributed by atoms with Crippen molar-refractivity contribution in [2.24, 2.45) is 11.8 Å². The molecule has 0 spiro atoms. The van der Waals surface area contributed by atoms with Gasteiger partial charge in [-0.25, -0.2) is 0 Å². The minimum absolute atomic E-state index is 0.183. The Balaban J connectivity index is 3.34. The minimum Gasteiger partial charge on any atom is -0.291 e. The summed E-state index contributed by atoms with van der Waals surface area (Å²) in [5.74, 6) is 0.893. The van der Waals surface area contributed by atoms with E-state index in [-0.39, 0.29) is 5.92 Å². The van der Waals surface area contributed by atoms with Crippen molar-refractivity contribution in [3.8, 4) is 0 Å². The first kappa shape index (κ1) is 9.67. The van der Waals surface area contributed by atoms with Crippen LogP contribution in [0.1, 0.15) is 40.0 Å². The lowest BCUT2D eigenvalue weighted by Gasteiger charge is -2.07. The predicted molar refractivity (Wildman–Crippen MR) is 43.5 cm³/mol. The lowest BCUT2D eigenvalue weighted by Crippen LogP contribution is -2.01. The van der Waals surface area contributed by atoms with E-state index in [0.717, 1.165) is 19.3 Å². The van der Waals surface area contributed by atoms with Crippen molar-refractivity contribution in [1.82, 2.24) is 0 Å². The molecule has 0 saturated heterocycles. The van der Waals surface area contributed by atoms with Crippen LogP contribution in [0.4, 0.5) is 0 Å². The maximum Gasteiger partial charge on any atom is 0.201 e. The summed E-state index contributed by atoms with van der Waals surface area (Å²) in [6.07, 6.45) is 5.16. The average Bonchev–Trinajstić information content (AvgIpc) is 1.90. The van der Waals surface area contributed by atoms with Crippen molar-refractivity contribution in [2.45, 2.75) is 40.0 Å². The Kier molecular flexibility index (Phi) is 5.27. The van der Waals surface area contributed by atoms with Gasteiger partial charge in [-0.1, -0.05) is 27.2 Å². The number of hydrogen-bond donors (Lipinski definition) is 0. The second kappa shape index (κ2) is 5.45. The van der Waals surface area contributed by atoms with Crippen molar-refractivity contribution in [2.75, 3.05) is 0 Å². The summed E-state index contributed by atoms with van der Waals surface area (Å²) < 4.78 is 0. The van der Waals surface area contributed by atoms with Crippen LogP contribution in [-0.2, 0) is 4.79 Å². The van der Waals surface area contributed by atoms with Crippen molar-refractivity contribution in [1.29, 1.82) is 0 Å². The minimum atomic E-state index is 0.183. The third-order valence-corrected chi connectivity index (χ3v) is 1.75. The predicted octanol–water partition coefficient (Wildman–Crippen LogP) is 2.56. The van der Waals surface area contributed by atoms with Crippen molar-refractivity contribution in [3.63, 3.8) is 0 Å². The van der Waals surface area contributed by atoms with Crippen molar-refractivity contribution < 1.29 is 4.79 Å². The standard InChI is InChI=1S/C9H17O/c1-4-9(7-10)6-5-8(2)3/h8-9H,4-6H2,1-3H3. The third-order valence-electron chi connectivity index (χ3n) is 1.75. The second-order valence-electron chi connectivity index (χ2n) is 3.19. The van der Waals surface area contributed by atoms with E-state index < -0.39 is 0 Å². The molecule has 0 heterocycles. The molecule has 0 amide bonds. The fourth-order valence-electron chi connectivity index (χ4n) is 0.881. The Hall–Kier alpha value is -0.330. The molecule has 10 heavy (non-hydrogen) atoms. The van der Waals surface area contributed by atoms with Crippen LogP contribution < -0.4 is 0 Å². The molecule has 1 unspecified atom stereocenters. The van der Waals surface area contributed by atoms with Gasteiger partial charge >= 0.3 is 0 Å². The molecule has 0 rings (SSSR count). The van der Waals surface area contributed by atoms with E-state index in [9.17, 15) is 4.79 Å². The van der Waals surface area contributed by atoms with Gasteiger partial charge in [0.25, 0.3) is 0 Å². The molecule has 1 heteroatoms. The van der Waals surface area contributed by atoms with E-state index in [1.165, 1.54) is 0 Å². The second-order valence-corrected chi connectivity index (χ2v) is 3.19. The molecule has 0 saturated carbocycles. The Morgan fingerprint density at radius 2 is 1.90 bits per heavy atom. The number of hydrogen-bond acceptors (Lipinski definition) is 1. The van der Waals surface area contributed by atoms with E-state index in [1.807, 2.05) is 6.92 Å². The molecule has 0 aromatic rings. The zero-order valence-electron chi connectivity index (χ0n) is 7.18. The molecule has 1 radical (unpaired) electrons. The molecule has 0 aromatic heterocycles. The van der Waals surface area contributed by atoms with Gasteiger partial charge in [0.1, 0.15) is 0 Å². The molecule has 0 fully saturated rings. The van der Waals surface area contributed by atoms with E-state index >= 15 is 0 Å². The Labute approximate surface area is 63.8 Å². The first-order valence-electron chi connectivity index (χ1n) is 4.08. The zero-order valence-corrected chi connectivity index (χ0v) is 7.18. The summed E-state index contributed by atoms with van der Waals surface area (Å²) in [6.45, 7) is 6.39. The van der Waals surface area contributed by atoms with Crippen molar-refractivity contribution in [3.05, 3.63) is 0 Å². The highest BCUT2D eigenvalue weighted by Crippen LogP contribution is 2.12. The Morgan fingerprint density at radius 1 is 1.30 bits per heavy atom. The van der Waals surface area contributed by atoms with Gasteiger partial charge in [-0.05, 0) is 18.8 Å². The maximum absolute atomic E-state index is 10.2. The summed E-state index contributed by atoms with van der Waals surface area (Å²) in [6, 6.07) is 0. The molecule has 0 aliphatic carbocycles. The van der Waals surface area contributed by atoms with E-state index in [0.29, 0.717) is 5.92 Å². The van der Waals surface area contributed by atoms with Gasteiger partial charge in [0.05, 0.1) is 0 Å². The van der Waals surface area contributed by atoms with Gasteiger partial charge < -0.3 is 0 Å². The average molecular weight is 141 g/mol. The fourth-order valence-corrected chi connectivity index (χ4v) is 0.881. The van der Waals surface area contributed by atoms with Gasteiger partial charge in [-0.15, -0.1) is 0 Å². The summed E-state index contributed by atoms with van der Waals surface area (Å²) in [4.78, 5) is 10.2. The van der Waals surface area contributed by atoms with Gasteiger partial charge in [0.2, 0.25) is 6.29 Å². The fraction of sp³-hybridized carbons (Fsp3) is 0.889. The molecular formula is C9H17O. The number of carbonyl (C=O) groups excluding carboxylic acids is 1. The highest BCUT2D eigenvalue weighted by Gasteiger charge is 2.05. The van der Waals surface area contributed by atoms with Crippen LogP contribution in [0.3, 0.4) is 0 Å². The molecule has 0 aliphatic heterocycles. The molecule has 0 N–H and O–H groups in total. The lowest BCUT2D eigenvalue weighted by molar-refractivity contribution is 0.457. The quantitative estimate of drug-likeness (QED) is 0.575. The zero-order chi connectivity index (χ0) is 7.98. The molecule has 1 nitrogen and oxygen atoms in total. The van der Waals surface area contributed by atoms with Crippen LogP contribution in [0, 0.1) is 11.8 Å². The topological polar surface area (TPSA) is 17.1 Å². The van der Waals surface area contributed by atoms with Gasteiger partial charge in [0, 0.05) is 5.92 Å². The highest BCUT2D eigenvalue weighted by atomic mass is 16.1. The van der Waals surface area contributed by atoms with Gasteiger partial charge in [0.15, 0.2) is 0 Å². The molecule has 0 aromatic carbocycles. The van der Waals surface area contributed by atoms with Crippen LogP contribution in [0.2, 0.25) is 0 Å². The normalized spacial score (nSPS) is 13.6. The summed E-state index contributed by atoms with van der Waals surface area (Å²) >= 11 is 0. The third kappa shape index (κ3) is 4.54. The lowest BCUT2D eigenvalue weighted by atomic mass is 9.97. The van der Waals surface area contributed by atoms with Crippen LogP contribution in [-0.4, -0.2) is 6.29 Å². The number of rotatable bonds is 5. The Bertz CT molecular complexity index is 86.7.